The SMILES string of the molecule is CC.CCn1nc(Oc2ccc(F)cc2)cc1C1=CC(C(C)C)CC=C1. The van der Waals surface area contributed by atoms with Crippen LogP contribution >= 0.6 is 0 Å². The average molecular weight is 356 g/mol. The fourth-order valence-electron chi connectivity index (χ4n) is 2.88. The van der Waals surface area contributed by atoms with Crippen molar-refractivity contribution in [1.82, 2.24) is 9.78 Å². The van der Waals surface area contributed by atoms with Crippen LogP contribution in [0.2, 0.25) is 0 Å². The van der Waals surface area contributed by atoms with E-state index in [4.69, 9.17) is 4.74 Å². The molecule has 140 valence electrons. The van der Waals surface area contributed by atoms with Crippen LogP contribution in [0.25, 0.3) is 5.57 Å². The van der Waals surface area contributed by atoms with Gasteiger partial charge in [0.15, 0.2) is 0 Å². The number of halogens is 1. The van der Waals surface area contributed by atoms with Crippen molar-refractivity contribution in [3.8, 4) is 11.6 Å². The second-order valence-electron chi connectivity index (χ2n) is 6.41. The standard InChI is InChI=1S/C20H23FN2O.C2H6/c1-4-23-19(16-7-5-6-15(12-16)14(2)3)13-20(22-23)24-18-10-8-17(21)9-11-18;1-2/h5,7-15H,4,6H2,1-3H3;1-2H3. The van der Waals surface area contributed by atoms with E-state index in [0.717, 1.165) is 18.7 Å². The number of ether oxygens (including phenoxy) is 1. The van der Waals surface area contributed by atoms with Crippen LogP contribution in [-0.4, -0.2) is 9.78 Å². The van der Waals surface area contributed by atoms with Crippen molar-refractivity contribution < 1.29 is 9.13 Å². The molecule has 1 unspecified atom stereocenters. The van der Waals surface area contributed by atoms with Gasteiger partial charge < -0.3 is 4.74 Å². The van der Waals surface area contributed by atoms with Gasteiger partial charge in [-0.15, -0.1) is 5.10 Å². The van der Waals surface area contributed by atoms with Gasteiger partial charge in [0.05, 0.1) is 5.69 Å². The summed E-state index contributed by atoms with van der Waals surface area (Å²) in [5.74, 6) is 1.99. The molecule has 3 nitrogen and oxygen atoms in total. The third kappa shape index (κ3) is 4.84. The lowest BCUT2D eigenvalue weighted by atomic mass is 9.86. The zero-order chi connectivity index (χ0) is 19.1. The zero-order valence-corrected chi connectivity index (χ0v) is 16.4. The molecule has 26 heavy (non-hydrogen) atoms. The first-order valence-electron chi connectivity index (χ1n) is 9.47. The molecule has 0 amide bonds. The van der Waals surface area contributed by atoms with Crippen LogP contribution in [0.3, 0.4) is 0 Å². The van der Waals surface area contributed by atoms with E-state index < -0.39 is 0 Å². The molecule has 1 aliphatic rings. The fraction of sp³-hybridized carbons (Fsp3) is 0.409. The van der Waals surface area contributed by atoms with Crippen molar-refractivity contribution in [2.45, 2.75) is 47.6 Å². The quantitative estimate of drug-likeness (QED) is 0.613. The van der Waals surface area contributed by atoms with Crippen molar-refractivity contribution >= 4 is 5.57 Å². The highest BCUT2D eigenvalue weighted by Gasteiger charge is 2.17. The van der Waals surface area contributed by atoms with E-state index >= 15 is 0 Å². The minimum Gasteiger partial charge on any atom is -0.438 e. The Morgan fingerprint density at radius 2 is 1.92 bits per heavy atom. The number of benzene rings is 1. The van der Waals surface area contributed by atoms with Crippen LogP contribution in [0, 0.1) is 17.7 Å². The molecule has 1 heterocycles. The van der Waals surface area contributed by atoms with Gasteiger partial charge in [0.25, 0.3) is 0 Å². The van der Waals surface area contributed by atoms with Gasteiger partial charge in [-0.3, -0.25) is 4.68 Å². The summed E-state index contributed by atoms with van der Waals surface area (Å²) in [5, 5.41) is 4.52. The Morgan fingerprint density at radius 3 is 2.54 bits per heavy atom. The largest absolute Gasteiger partial charge is 0.438 e. The summed E-state index contributed by atoms with van der Waals surface area (Å²) >= 11 is 0. The maximum atomic E-state index is 13.0. The number of allylic oxidation sites excluding steroid dienone is 4. The summed E-state index contributed by atoms with van der Waals surface area (Å²) in [7, 11) is 0. The summed E-state index contributed by atoms with van der Waals surface area (Å²) in [5.41, 5.74) is 2.24. The number of hydrogen-bond donors (Lipinski definition) is 0. The highest BCUT2D eigenvalue weighted by molar-refractivity contribution is 5.73. The van der Waals surface area contributed by atoms with Crippen molar-refractivity contribution in [2.75, 3.05) is 0 Å². The van der Waals surface area contributed by atoms with E-state index in [9.17, 15) is 4.39 Å². The molecular weight excluding hydrogens is 327 g/mol. The van der Waals surface area contributed by atoms with E-state index in [-0.39, 0.29) is 5.82 Å². The Labute approximate surface area is 156 Å². The molecule has 3 rings (SSSR count). The first kappa shape index (κ1) is 20.0. The van der Waals surface area contributed by atoms with E-state index in [2.05, 4.69) is 44.1 Å². The molecule has 0 aliphatic heterocycles. The van der Waals surface area contributed by atoms with E-state index in [1.54, 1.807) is 12.1 Å². The van der Waals surface area contributed by atoms with Crippen molar-refractivity contribution in [3.63, 3.8) is 0 Å². The minimum absolute atomic E-state index is 0.278. The monoisotopic (exact) mass is 356 g/mol. The number of hydrogen-bond acceptors (Lipinski definition) is 2. The Hall–Kier alpha value is -2.36. The molecule has 0 saturated carbocycles. The van der Waals surface area contributed by atoms with Gasteiger partial charge in [-0.25, -0.2) is 4.39 Å². The Balaban J connectivity index is 0.00000117. The first-order valence-corrected chi connectivity index (χ1v) is 9.47. The van der Waals surface area contributed by atoms with Gasteiger partial charge in [-0.1, -0.05) is 45.9 Å². The molecule has 0 saturated heterocycles. The van der Waals surface area contributed by atoms with Crippen LogP contribution in [0.15, 0.2) is 48.6 Å². The molecule has 1 aromatic heterocycles. The lowest BCUT2D eigenvalue weighted by Gasteiger charge is -2.20. The predicted octanol–water partition coefficient (Wildman–Crippen LogP) is 6.48. The molecule has 1 atom stereocenters. The predicted molar refractivity (Wildman–Crippen MR) is 106 cm³/mol. The normalized spacial score (nSPS) is 16.1. The third-order valence-electron chi connectivity index (χ3n) is 4.34. The maximum absolute atomic E-state index is 13.0. The van der Waals surface area contributed by atoms with E-state index in [1.165, 1.54) is 17.7 Å². The van der Waals surface area contributed by atoms with Crippen LogP contribution in [0.4, 0.5) is 4.39 Å². The highest BCUT2D eigenvalue weighted by Crippen LogP contribution is 2.31. The number of nitrogens with zero attached hydrogens (tertiary/aromatic N) is 2. The second-order valence-corrected chi connectivity index (χ2v) is 6.41. The highest BCUT2D eigenvalue weighted by atomic mass is 19.1. The summed E-state index contributed by atoms with van der Waals surface area (Å²) in [6.45, 7) is 11.3. The average Bonchev–Trinajstić information content (AvgIpc) is 3.08. The smallest absolute Gasteiger partial charge is 0.238 e. The summed E-state index contributed by atoms with van der Waals surface area (Å²) in [6.07, 6.45) is 7.80. The van der Waals surface area contributed by atoms with Crippen LogP contribution in [-0.2, 0) is 6.54 Å². The number of rotatable bonds is 5. The van der Waals surface area contributed by atoms with Crippen LogP contribution in [0.5, 0.6) is 11.6 Å². The van der Waals surface area contributed by atoms with E-state index in [1.807, 2.05) is 24.6 Å². The van der Waals surface area contributed by atoms with Gasteiger partial charge >= 0.3 is 0 Å². The van der Waals surface area contributed by atoms with Gasteiger partial charge in [-0.2, -0.15) is 0 Å². The lowest BCUT2D eigenvalue weighted by Crippen LogP contribution is -2.09. The van der Waals surface area contributed by atoms with Gasteiger partial charge in [0.1, 0.15) is 11.6 Å². The molecule has 4 heteroatoms. The maximum Gasteiger partial charge on any atom is 0.238 e. The third-order valence-corrected chi connectivity index (χ3v) is 4.34. The van der Waals surface area contributed by atoms with Crippen molar-refractivity contribution in [2.24, 2.45) is 11.8 Å². The Bertz CT molecular complexity index is 757. The lowest BCUT2D eigenvalue weighted by molar-refractivity contribution is 0.448. The first-order chi connectivity index (χ1) is 12.6. The molecule has 0 fully saturated rings. The molecule has 2 aromatic rings. The zero-order valence-electron chi connectivity index (χ0n) is 16.4. The minimum atomic E-state index is -0.278. The van der Waals surface area contributed by atoms with Crippen molar-refractivity contribution in [3.05, 3.63) is 60.1 Å². The van der Waals surface area contributed by atoms with Gasteiger partial charge in [0, 0.05) is 12.6 Å². The molecule has 0 radical (unpaired) electrons. The molecule has 0 N–H and O–H groups in total. The fourth-order valence-corrected chi connectivity index (χ4v) is 2.88. The number of aryl methyl sites for hydroxylation is 1. The van der Waals surface area contributed by atoms with Crippen LogP contribution < -0.4 is 4.74 Å². The Kier molecular flexibility index (Phi) is 7.19. The number of aromatic nitrogens is 2. The topological polar surface area (TPSA) is 27.1 Å². The van der Waals surface area contributed by atoms with Gasteiger partial charge in [-0.05, 0) is 55.0 Å². The summed E-state index contributed by atoms with van der Waals surface area (Å²) < 4.78 is 20.7. The summed E-state index contributed by atoms with van der Waals surface area (Å²) in [6, 6.07) is 7.92. The second kappa shape index (κ2) is 9.37. The summed E-state index contributed by atoms with van der Waals surface area (Å²) in [4.78, 5) is 0. The molecule has 0 spiro atoms. The van der Waals surface area contributed by atoms with Gasteiger partial charge in [0.2, 0.25) is 5.88 Å². The molecule has 1 aliphatic carbocycles. The van der Waals surface area contributed by atoms with E-state index in [0.29, 0.717) is 23.5 Å². The van der Waals surface area contributed by atoms with Crippen molar-refractivity contribution in [1.29, 1.82) is 0 Å². The Morgan fingerprint density at radius 1 is 1.23 bits per heavy atom. The molecule has 0 bridgehead atoms. The molecule has 1 aromatic carbocycles. The molecular formula is C22H29FN2O. The van der Waals surface area contributed by atoms with Crippen LogP contribution in [0.1, 0.15) is 46.7 Å².